The van der Waals surface area contributed by atoms with E-state index in [0.29, 0.717) is 23.0 Å². The SMILES string of the molecule is O=C1c2ccccc2C(=O)N1[C@@H]1C=CC=C[C@@H]2C[C@@H]21.[C-]#[O+].[C-]#[O+].[Fe].c1ccc(P(c2ccccc2)c2ccccc2)cc1. The summed E-state index contributed by atoms with van der Waals surface area (Å²) in [5.74, 6) is 0.618. The Morgan fingerprint density at radius 2 is 0.953 bits per heavy atom. The topological polar surface area (TPSA) is 77.2 Å². The third-order valence-corrected chi connectivity index (χ3v) is 9.72. The maximum absolute atomic E-state index is 12.4. The fourth-order valence-electron chi connectivity index (χ4n) is 5.31. The van der Waals surface area contributed by atoms with Gasteiger partial charge in [0.25, 0.3) is 11.8 Å². The molecule has 0 unspecified atom stereocenters. The number of hydrogen-bond donors (Lipinski definition) is 0. The molecule has 0 spiro atoms. The molecule has 0 aromatic heterocycles. The van der Waals surface area contributed by atoms with Crippen LogP contribution in [0.25, 0.3) is 0 Å². The van der Waals surface area contributed by atoms with Crippen molar-refractivity contribution in [1.29, 1.82) is 0 Å². The Kier molecular flexibility index (Phi) is 12.9. The van der Waals surface area contributed by atoms with Crippen LogP contribution in [0.5, 0.6) is 0 Å². The van der Waals surface area contributed by atoms with Gasteiger partial charge in [0, 0.05) is 17.1 Å². The second-order valence-corrected chi connectivity index (χ2v) is 11.9. The Balaban J connectivity index is 0.000000207. The number of carbonyl (C=O) groups excluding carboxylic acids is 2. The van der Waals surface area contributed by atoms with E-state index in [1.54, 1.807) is 24.3 Å². The molecule has 7 heteroatoms. The predicted molar refractivity (Wildman–Crippen MR) is 164 cm³/mol. The summed E-state index contributed by atoms with van der Waals surface area (Å²) in [7, 11) is -0.446. The molecule has 214 valence electrons. The molecule has 7 rings (SSSR count). The Morgan fingerprint density at radius 1 is 0.581 bits per heavy atom. The van der Waals surface area contributed by atoms with Gasteiger partial charge in [-0.25, -0.2) is 0 Å². The normalized spacial score (nSPS) is 18.5. The summed E-state index contributed by atoms with van der Waals surface area (Å²) in [4.78, 5) is 26.3. The number of rotatable bonds is 4. The van der Waals surface area contributed by atoms with Crippen LogP contribution >= 0.6 is 7.92 Å². The Hall–Kier alpha value is -4.07. The van der Waals surface area contributed by atoms with Crippen LogP contribution in [0.3, 0.4) is 0 Å². The van der Waals surface area contributed by atoms with Crippen molar-refractivity contribution >= 4 is 35.6 Å². The van der Waals surface area contributed by atoms with Crippen LogP contribution < -0.4 is 15.9 Å². The van der Waals surface area contributed by atoms with Crippen molar-refractivity contribution in [3.8, 4) is 0 Å². The first-order valence-corrected chi connectivity index (χ1v) is 14.7. The molecule has 0 saturated heterocycles. The maximum Gasteiger partial charge on any atom is 0 e. The predicted octanol–water partition coefficient (Wildman–Crippen LogP) is 5.78. The molecule has 4 aromatic carbocycles. The van der Waals surface area contributed by atoms with Gasteiger partial charge in [-0.15, -0.1) is 0 Å². The van der Waals surface area contributed by atoms with Gasteiger partial charge in [0.05, 0.1) is 17.2 Å². The van der Waals surface area contributed by atoms with Crippen LogP contribution in [0.1, 0.15) is 27.1 Å². The summed E-state index contributed by atoms with van der Waals surface area (Å²) in [6, 6.07) is 39.3. The standard InChI is InChI=1S/C18H15P.C16H13NO2.2CO.Fe/c1-4-10-16(11-5-1)19(17-12-6-2-7-13-17)18-14-8-3-9-15-18;18-15-11-6-2-3-7-12(11)16(19)17(15)14-8-4-1-5-10-9-13(10)14;2*1-2;/h1-15H;1-8,10,13-14H,9H2;;;/t;10-,13+,14-;;;/m.1.../s1. The first kappa shape index (κ1) is 33.4. The smallest absolute Gasteiger partial charge is 0 e. The fourth-order valence-corrected chi connectivity index (χ4v) is 7.62. The van der Waals surface area contributed by atoms with Gasteiger partial charge in [-0.1, -0.05) is 127 Å². The van der Waals surface area contributed by atoms with Crippen molar-refractivity contribution in [3.63, 3.8) is 0 Å². The molecule has 3 aliphatic rings. The number of amides is 2. The number of fused-ring (bicyclic) bond motifs is 2. The molecule has 1 fully saturated rings. The van der Waals surface area contributed by atoms with Gasteiger partial charge in [-0.05, 0) is 54.2 Å². The van der Waals surface area contributed by atoms with Crippen molar-refractivity contribution in [2.75, 3.05) is 0 Å². The fraction of sp³-hybridized carbons (Fsp3) is 0.111. The quantitative estimate of drug-likeness (QED) is 0.0949. The van der Waals surface area contributed by atoms with Crippen LogP contribution in [0.4, 0.5) is 0 Å². The molecule has 0 N–H and O–H groups in total. The largest absolute Gasteiger partial charge is 0.0622 e. The molecule has 5 nitrogen and oxygen atoms in total. The van der Waals surface area contributed by atoms with E-state index in [9.17, 15) is 9.59 Å². The van der Waals surface area contributed by atoms with Crippen LogP contribution in [-0.4, -0.2) is 22.8 Å². The molecule has 1 heterocycles. The van der Waals surface area contributed by atoms with Gasteiger partial charge in [-0.3, -0.25) is 14.5 Å². The molecule has 1 saturated carbocycles. The average molecular weight is 625 g/mol. The van der Waals surface area contributed by atoms with E-state index >= 15 is 0 Å². The average Bonchev–Trinajstić information content (AvgIpc) is 3.83. The number of allylic oxidation sites excluding steroid dienone is 3. The number of carbonyl (C=O) groups is 2. The van der Waals surface area contributed by atoms with E-state index in [-0.39, 0.29) is 34.9 Å². The molecule has 1 aliphatic heterocycles. The van der Waals surface area contributed by atoms with E-state index < -0.39 is 7.92 Å². The van der Waals surface area contributed by atoms with E-state index in [4.69, 9.17) is 9.30 Å². The summed E-state index contributed by atoms with van der Waals surface area (Å²) < 4.78 is 15.0. The Morgan fingerprint density at radius 3 is 1.37 bits per heavy atom. The van der Waals surface area contributed by atoms with E-state index in [1.807, 2.05) is 18.2 Å². The molecular weight excluding hydrogens is 597 g/mol. The van der Waals surface area contributed by atoms with Gasteiger partial charge >= 0.3 is 22.6 Å². The minimum absolute atomic E-state index is 0. The number of benzene rings is 4. The zero-order chi connectivity index (χ0) is 29.9. The summed E-state index contributed by atoms with van der Waals surface area (Å²) in [6.45, 7) is 9.00. The summed E-state index contributed by atoms with van der Waals surface area (Å²) >= 11 is 0. The van der Waals surface area contributed by atoms with Gasteiger partial charge in [-0.2, -0.15) is 0 Å². The van der Waals surface area contributed by atoms with E-state index in [2.05, 4.69) is 110 Å². The number of imide groups is 1. The number of nitrogens with zero attached hydrogens (tertiary/aromatic N) is 1. The van der Waals surface area contributed by atoms with Crippen molar-refractivity contribution in [2.45, 2.75) is 12.5 Å². The molecule has 43 heavy (non-hydrogen) atoms. The van der Waals surface area contributed by atoms with Crippen molar-refractivity contribution in [3.05, 3.63) is 164 Å². The first-order valence-electron chi connectivity index (χ1n) is 13.4. The summed E-state index contributed by atoms with van der Waals surface area (Å²) in [5.41, 5.74) is 1.07. The maximum atomic E-state index is 12.4. The molecule has 0 radical (unpaired) electrons. The molecular formula is C36H28FeNO4P. The zero-order valence-electron chi connectivity index (χ0n) is 23.1. The molecule has 3 atom stereocenters. The Labute approximate surface area is 264 Å². The van der Waals surface area contributed by atoms with Crippen LogP contribution in [-0.2, 0) is 26.4 Å². The second-order valence-electron chi connectivity index (χ2n) is 9.69. The summed E-state index contributed by atoms with van der Waals surface area (Å²) in [6.07, 6.45) is 9.18. The van der Waals surface area contributed by atoms with Gasteiger partial charge in [0.15, 0.2) is 0 Å². The minimum atomic E-state index is -0.446. The third-order valence-electron chi connectivity index (χ3n) is 7.27. The molecule has 4 aromatic rings. The molecule has 0 bridgehead atoms. The number of hydrogen-bond acceptors (Lipinski definition) is 2. The summed E-state index contributed by atoms with van der Waals surface area (Å²) in [5, 5.41) is 4.19. The Bertz CT molecular complexity index is 1470. The van der Waals surface area contributed by atoms with Crippen LogP contribution in [0.15, 0.2) is 140 Å². The second kappa shape index (κ2) is 16.5. The van der Waals surface area contributed by atoms with Gasteiger partial charge < -0.3 is 0 Å². The van der Waals surface area contributed by atoms with Gasteiger partial charge in [0.2, 0.25) is 0 Å². The van der Waals surface area contributed by atoms with Crippen molar-refractivity contribution in [1.82, 2.24) is 4.90 Å². The zero-order valence-corrected chi connectivity index (χ0v) is 25.1. The minimum Gasteiger partial charge on any atom is -0.0622 e. The van der Waals surface area contributed by atoms with Crippen molar-refractivity contribution in [2.24, 2.45) is 11.8 Å². The van der Waals surface area contributed by atoms with E-state index in [0.717, 1.165) is 6.42 Å². The molecule has 2 amide bonds. The monoisotopic (exact) mass is 625 g/mol. The van der Waals surface area contributed by atoms with Crippen LogP contribution in [0.2, 0.25) is 0 Å². The third kappa shape index (κ3) is 7.66. The van der Waals surface area contributed by atoms with E-state index in [1.165, 1.54) is 20.8 Å². The van der Waals surface area contributed by atoms with Gasteiger partial charge in [0.1, 0.15) is 0 Å². The van der Waals surface area contributed by atoms with Crippen molar-refractivity contribution < 1.29 is 36.0 Å². The first-order chi connectivity index (χ1) is 20.7. The van der Waals surface area contributed by atoms with Crippen LogP contribution in [0, 0.1) is 25.1 Å². The molecule has 2 aliphatic carbocycles.